The highest BCUT2D eigenvalue weighted by molar-refractivity contribution is 9.10. The van der Waals surface area contributed by atoms with Gasteiger partial charge in [0, 0.05) is 10.9 Å². The summed E-state index contributed by atoms with van der Waals surface area (Å²) in [5.41, 5.74) is -0.619. The molecule has 0 saturated carbocycles. The van der Waals surface area contributed by atoms with Crippen molar-refractivity contribution in [3.63, 3.8) is 0 Å². The monoisotopic (exact) mass is 272 g/mol. The first kappa shape index (κ1) is 12.2. The number of benzene rings is 1. The summed E-state index contributed by atoms with van der Waals surface area (Å²) < 4.78 is 5.39. The summed E-state index contributed by atoms with van der Waals surface area (Å²) in [6.45, 7) is 1.44. The lowest BCUT2D eigenvalue weighted by Gasteiger charge is -2.20. The minimum Gasteiger partial charge on any atom is -0.467 e. The van der Waals surface area contributed by atoms with Crippen LogP contribution in [-0.4, -0.2) is 23.8 Å². The Morgan fingerprint density at radius 1 is 1.53 bits per heavy atom. The topological polar surface area (TPSA) is 46.5 Å². The molecule has 0 heterocycles. The van der Waals surface area contributed by atoms with Crippen molar-refractivity contribution in [1.29, 1.82) is 0 Å². The fourth-order valence-corrected chi connectivity index (χ4v) is 1.73. The van der Waals surface area contributed by atoms with Gasteiger partial charge in [-0.25, -0.2) is 4.79 Å². The van der Waals surface area contributed by atoms with Crippen molar-refractivity contribution in [2.75, 3.05) is 7.11 Å². The number of ether oxygens (including phenoxy) is 1. The van der Waals surface area contributed by atoms with Crippen molar-refractivity contribution < 1.29 is 14.6 Å². The molecule has 15 heavy (non-hydrogen) atoms. The van der Waals surface area contributed by atoms with E-state index >= 15 is 0 Å². The van der Waals surface area contributed by atoms with Crippen LogP contribution in [0.25, 0.3) is 0 Å². The van der Waals surface area contributed by atoms with Crippen LogP contribution in [0.3, 0.4) is 0 Å². The molecule has 0 amide bonds. The van der Waals surface area contributed by atoms with Gasteiger partial charge in [-0.3, -0.25) is 0 Å². The molecule has 82 valence electrons. The second-order valence-electron chi connectivity index (χ2n) is 3.53. The first-order chi connectivity index (χ1) is 6.97. The SMILES string of the molecule is COC(=O)C(C)(O)Cc1ccccc1Br. The van der Waals surface area contributed by atoms with Crippen molar-refractivity contribution >= 4 is 21.9 Å². The third kappa shape index (κ3) is 3.04. The molecule has 0 aliphatic heterocycles. The summed E-state index contributed by atoms with van der Waals surface area (Å²) >= 11 is 3.36. The number of hydrogen-bond acceptors (Lipinski definition) is 3. The van der Waals surface area contributed by atoms with E-state index < -0.39 is 11.6 Å². The maximum absolute atomic E-state index is 11.3. The molecule has 1 unspecified atom stereocenters. The van der Waals surface area contributed by atoms with Crippen molar-refractivity contribution in [3.8, 4) is 0 Å². The number of carbonyl (C=O) groups excluding carboxylic acids is 1. The van der Waals surface area contributed by atoms with Crippen molar-refractivity contribution in [1.82, 2.24) is 0 Å². The van der Waals surface area contributed by atoms with Crippen LogP contribution in [0.4, 0.5) is 0 Å². The molecule has 1 N–H and O–H groups in total. The second kappa shape index (κ2) is 4.77. The standard InChI is InChI=1S/C11H13BrO3/c1-11(14,10(13)15-2)7-8-5-3-4-6-9(8)12/h3-6,14H,7H2,1-2H3. The summed E-state index contributed by atoms with van der Waals surface area (Å²) in [6.07, 6.45) is 0.223. The van der Waals surface area contributed by atoms with Crippen LogP contribution in [-0.2, 0) is 16.0 Å². The van der Waals surface area contributed by atoms with Crippen LogP contribution in [0.5, 0.6) is 0 Å². The molecular weight excluding hydrogens is 260 g/mol. The number of hydrogen-bond donors (Lipinski definition) is 1. The fourth-order valence-electron chi connectivity index (χ4n) is 1.30. The largest absolute Gasteiger partial charge is 0.467 e. The summed E-state index contributed by atoms with van der Waals surface area (Å²) in [5, 5.41) is 9.87. The van der Waals surface area contributed by atoms with Gasteiger partial charge in [-0.15, -0.1) is 0 Å². The van der Waals surface area contributed by atoms with Gasteiger partial charge in [0.25, 0.3) is 0 Å². The zero-order valence-corrected chi connectivity index (χ0v) is 10.2. The maximum atomic E-state index is 11.3. The molecule has 0 aromatic heterocycles. The van der Waals surface area contributed by atoms with E-state index in [0.717, 1.165) is 10.0 Å². The number of carbonyl (C=O) groups is 1. The van der Waals surface area contributed by atoms with Gasteiger partial charge in [-0.05, 0) is 18.6 Å². The Labute approximate surface area is 97.2 Å². The molecule has 1 aromatic carbocycles. The Morgan fingerprint density at radius 2 is 2.13 bits per heavy atom. The van der Waals surface area contributed by atoms with Gasteiger partial charge < -0.3 is 9.84 Å². The van der Waals surface area contributed by atoms with Crippen LogP contribution in [0.2, 0.25) is 0 Å². The van der Waals surface area contributed by atoms with Gasteiger partial charge in [0.2, 0.25) is 0 Å². The molecule has 1 atom stereocenters. The highest BCUT2D eigenvalue weighted by Crippen LogP contribution is 2.22. The van der Waals surface area contributed by atoms with Gasteiger partial charge in [0.15, 0.2) is 5.60 Å². The molecule has 0 bridgehead atoms. The molecule has 4 heteroatoms. The molecule has 1 rings (SSSR count). The number of methoxy groups -OCH3 is 1. The molecule has 0 saturated heterocycles. The Kier molecular flexibility index (Phi) is 3.88. The number of esters is 1. The average molecular weight is 273 g/mol. The number of rotatable bonds is 3. The first-order valence-electron chi connectivity index (χ1n) is 4.51. The minimum absolute atomic E-state index is 0.223. The molecule has 0 radical (unpaired) electrons. The van der Waals surface area contributed by atoms with Crippen LogP contribution in [0.15, 0.2) is 28.7 Å². The Morgan fingerprint density at radius 3 is 2.67 bits per heavy atom. The maximum Gasteiger partial charge on any atom is 0.337 e. The van der Waals surface area contributed by atoms with E-state index in [2.05, 4.69) is 20.7 Å². The zero-order valence-electron chi connectivity index (χ0n) is 8.66. The summed E-state index contributed by atoms with van der Waals surface area (Å²) in [4.78, 5) is 11.3. The lowest BCUT2D eigenvalue weighted by molar-refractivity contribution is -0.160. The Bertz CT molecular complexity index is 361. The third-order valence-corrected chi connectivity index (χ3v) is 2.89. The molecule has 0 spiro atoms. The van der Waals surface area contributed by atoms with Gasteiger partial charge >= 0.3 is 5.97 Å². The molecule has 0 aliphatic carbocycles. The van der Waals surface area contributed by atoms with Crippen molar-refractivity contribution in [3.05, 3.63) is 34.3 Å². The van der Waals surface area contributed by atoms with Crippen molar-refractivity contribution in [2.24, 2.45) is 0 Å². The van der Waals surface area contributed by atoms with Gasteiger partial charge in [-0.2, -0.15) is 0 Å². The fraction of sp³-hybridized carbons (Fsp3) is 0.364. The first-order valence-corrected chi connectivity index (χ1v) is 5.31. The van der Waals surface area contributed by atoms with E-state index in [9.17, 15) is 9.90 Å². The van der Waals surface area contributed by atoms with Gasteiger partial charge in [0.1, 0.15) is 0 Å². The van der Waals surface area contributed by atoms with Crippen LogP contribution in [0, 0.1) is 0 Å². The highest BCUT2D eigenvalue weighted by atomic mass is 79.9. The minimum atomic E-state index is -1.49. The van der Waals surface area contributed by atoms with Crippen LogP contribution >= 0.6 is 15.9 Å². The van der Waals surface area contributed by atoms with E-state index in [-0.39, 0.29) is 6.42 Å². The molecule has 0 aliphatic rings. The Hall–Kier alpha value is -0.870. The van der Waals surface area contributed by atoms with E-state index in [1.165, 1.54) is 14.0 Å². The molecule has 0 fully saturated rings. The quantitative estimate of drug-likeness (QED) is 0.856. The average Bonchev–Trinajstić information content (AvgIpc) is 2.20. The van der Waals surface area contributed by atoms with Crippen molar-refractivity contribution in [2.45, 2.75) is 18.9 Å². The van der Waals surface area contributed by atoms with Crippen LogP contribution < -0.4 is 0 Å². The van der Waals surface area contributed by atoms with E-state index in [1.807, 2.05) is 24.3 Å². The number of halogens is 1. The van der Waals surface area contributed by atoms with E-state index in [1.54, 1.807) is 0 Å². The number of aliphatic hydroxyl groups is 1. The zero-order chi connectivity index (χ0) is 11.5. The lowest BCUT2D eigenvalue weighted by atomic mass is 9.97. The summed E-state index contributed by atoms with van der Waals surface area (Å²) in [7, 11) is 1.26. The normalized spacial score (nSPS) is 14.4. The van der Waals surface area contributed by atoms with Gasteiger partial charge in [-0.1, -0.05) is 34.1 Å². The lowest BCUT2D eigenvalue weighted by Crippen LogP contribution is -2.38. The smallest absolute Gasteiger partial charge is 0.337 e. The predicted octanol–water partition coefficient (Wildman–Crippen LogP) is 1.92. The highest BCUT2D eigenvalue weighted by Gasteiger charge is 2.32. The van der Waals surface area contributed by atoms with Crippen LogP contribution in [0.1, 0.15) is 12.5 Å². The summed E-state index contributed by atoms with van der Waals surface area (Å²) in [5.74, 6) is -0.627. The second-order valence-corrected chi connectivity index (χ2v) is 4.39. The van der Waals surface area contributed by atoms with Gasteiger partial charge in [0.05, 0.1) is 7.11 Å². The molecule has 1 aromatic rings. The summed E-state index contributed by atoms with van der Waals surface area (Å²) in [6, 6.07) is 7.44. The Balaban J connectivity index is 2.86. The predicted molar refractivity (Wildman–Crippen MR) is 60.5 cm³/mol. The van der Waals surface area contributed by atoms with E-state index in [4.69, 9.17) is 0 Å². The molecule has 3 nitrogen and oxygen atoms in total. The van der Waals surface area contributed by atoms with E-state index in [0.29, 0.717) is 0 Å². The third-order valence-electron chi connectivity index (χ3n) is 2.12. The molecular formula is C11H13BrO3.